The molecule has 1 aromatic rings. The number of amides is 1. The van der Waals surface area contributed by atoms with E-state index in [9.17, 15) is 22.8 Å². The maximum absolute atomic E-state index is 13.4. The molecule has 0 spiro atoms. The van der Waals surface area contributed by atoms with E-state index < -0.39 is 51.4 Å². The van der Waals surface area contributed by atoms with Gasteiger partial charge in [0.25, 0.3) is 5.91 Å². The summed E-state index contributed by atoms with van der Waals surface area (Å²) in [5.41, 5.74) is -1.68. The highest BCUT2D eigenvalue weighted by molar-refractivity contribution is 6.53. The predicted molar refractivity (Wildman–Crippen MR) is 73.1 cm³/mol. The fourth-order valence-electron chi connectivity index (χ4n) is 1.72. The molecular formula is C13H10Cl2F3NO3. The summed E-state index contributed by atoms with van der Waals surface area (Å²) < 4.78 is 42.6. The normalized spacial score (nSPS) is 22.1. The zero-order valence-electron chi connectivity index (χ0n) is 11.2. The molecule has 2 rings (SSSR count). The van der Waals surface area contributed by atoms with E-state index in [0.29, 0.717) is 6.07 Å². The van der Waals surface area contributed by atoms with Gasteiger partial charge in [0.05, 0.1) is 5.69 Å². The first-order valence-electron chi connectivity index (χ1n) is 6.07. The smallest absolute Gasteiger partial charge is 0.315 e. The lowest BCUT2D eigenvalue weighted by Gasteiger charge is -2.12. The monoisotopic (exact) mass is 355 g/mol. The van der Waals surface area contributed by atoms with Crippen molar-refractivity contribution in [1.82, 2.24) is 0 Å². The van der Waals surface area contributed by atoms with Crippen molar-refractivity contribution >= 4 is 40.8 Å². The Kier molecular flexibility index (Phi) is 4.32. The Balaban J connectivity index is 1.92. The third kappa shape index (κ3) is 3.01. The lowest BCUT2D eigenvalue weighted by atomic mass is 10.1. The van der Waals surface area contributed by atoms with Gasteiger partial charge in [0.15, 0.2) is 24.1 Å². The molecule has 22 heavy (non-hydrogen) atoms. The van der Waals surface area contributed by atoms with Crippen LogP contribution in [0.3, 0.4) is 0 Å². The summed E-state index contributed by atoms with van der Waals surface area (Å²) in [6.07, 6.45) is 0.182. The molecule has 1 aliphatic carbocycles. The van der Waals surface area contributed by atoms with Crippen molar-refractivity contribution in [3.8, 4) is 0 Å². The molecule has 1 unspecified atom stereocenters. The summed E-state index contributed by atoms with van der Waals surface area (Å²) in [6, 6.07) is 1.50. The first kappa shape index (κ1) is 16.9. The van der Waals surface area contributed by atoms with Crippen LogP contribution in [0.1, 0.15) is 13.3 Å². The first-order chi connectivity index (χ1) is 10.1. The molecule has 120 valence electrons. The van der Waals surface area contributed by atoms with E-state index in [2.05, 4.69) is 0 Å². The van der Waals surface area contributed by atoms with Crippen LogP contribution in [-0.4, -0.2) is 22.8 Å². The summed E-state index contributed by atoms with van der Waals surface area (Å²) in [5, 5.41) is 1.96. The predicted octanol–water partition coefficient (Wildman–Crippen LogP) is 3.17. The Bertz CT molecular complexity index is 654. The number of hydrogen-bond donors (Lipinski definition) is 1. The van der Waals surface area contributed by atoms with Gasteiger partial charge in [-0.25, -0.2) is 13.2 Å². The molecule has 0 saturated heterocycles. The summed E-state index contributed by atoms with van der Waals surface area (Å²) in [6.45, 7) is 0.735. The van der Waals surface area contributed by atoms with Gasteiger partial charge in [-0.15, -0.1) is 23.2 Å². The van der Waals surface area contributed by atoms with E-state index in [-0.39, 0.29) is 6.42 Å². The number of anilines is 1. The third-order valence-corrected chi connectivity index (χ3v) is 4.45. The van der Waals surface area contributed by atoms with Crippen LogP contribution < -0.4 is 5.32 Å². The average molecular weight is 356 g/mol. The second-order valence-electron chi connectivity index (χ2n) is 5.06. The molecule has 1 aliphatic rings. The van der Waals surface area contributed by atoms with Crippen LogP contribution in [0.15, 0.2) is 12.1 Å². The number of halogens is 5. The Morgan fingerprint density at radius 3 is 2.41 bits per heavy atom. The van der Waals surface area contributed by atoms with Crippen molar-refractivity contribution < 1.29 is 27.5 Å². The van der Waals surface area contributed by atoms with Crippen LogP contribution in [0.2, 0.25) is 0 Å². The van der Waals surface area contributed by atoms with E-state index in [4.69, 9.17) is 27.9 Å². The van der Waals surface area contributed by atoms with E-state index in [1.165, 1.54) is 6.92 Å². The van der Waals surface area contributed by atoms with Gasteiger partial charge in [0.1, 0.15) is 9.75 Å². The largest absolute Gasteiger partial charge is 0.455 e. The highest BCUT2D eigenvalue weighted by Gasteiger charge is 2.69. The van der Waals surface area contributed by atoms with Crippen molar-refractivity contribution in [2.24, 2.45) is 5.41 Å². The van der Waals surface area contributed by atoms with Crippen LogP contribution in [0.4, 0.5) is 18.9 Å². The van der Waals surface area contributed by atoms with E-state index in [0.717, 1.165) is 6.07 Å². The van der Waals surface area contributed by atoms with Gasteiger partial charge in [-0.2, -0.15) is 0 Å². The lowest BCUT2D eigenvalue weighted by molar-refractivity contribution is -0.152. The zero-order valence-corrected chi connectivity index (χ0v) is 12.7. The molecule has 1 atom stereocenters. The summed E-state index contributed by atoms with van der Waals surface area (Å²) in [5.74, 6) is -6.34. The molecule has 1 amide bonds. The van der Waals surface area contributed by atoms with Crippen molar-refractivity contribution in [2.45, 2.75) is 17.7 Å². The number of hydrogen-bond acceptors (Lipinski definition) is 3. The van der Waals surface area contributed by atoms with Crippen LogP contribution in [0.5, 0.6) is 0 Å². The average Bonchev–Trinajstić information content (AvgIpc) is 2.97. The number of ether oxygens (including phenoxy) is 1. The molecular weight excluding hydrogens is 346 g/mol. The van der Waals surface area contributed by atoms with Gasteiger partial charge in [-0.05, 0) is 19.1 Å². The van der Waals surface area contributed by atoms with Gasteiger partial charge in [-0.1, -0.05) is 0 Å². The van der Waals surface area contributed by atoms with Gasteiger partial charge < -0.3 is 10.1 Å². The van der Waals surface area contributed by atoms with Crippen molar-refractivity contribution in [2.75, 3.05) is 11.9 Å². The lowest BCUT2D eigenvalue weighted by Crippen LogP contribution is -2.27. The summed E-state index contributed by atoms with van der Waals surface area (Å²) >= 11 is 11.6. The van der Waals surface area contributed by atoms with Crippen LogP contribution >= 0.6 is 23.2 Å². The van der Waals surface area contributed by atoms with E-state index in [1.54, 1.807) is 0 Å². The number of carbonyl (C=O) groups excluding carboxylic acids is 2. The zero-order chi connectivity index (χ0) is 16.7. The van der Waals surface area contributed by atoms with Crippen LogP contribution in [0.25, 0.3) is 0 Å². The first-order valence-corrected chi connectivity index (χ1v) is 6.82. The molecule has 1 N–H and O–H groups in total. The topological polar surface area (TPSA) is 55.4 Å². The number of alkyl halides is 2. The minimum absolute atomic E-state index is 0.182. The molecule has 1 aromatic carbocycles. The maximum Gasteiger partial charge on any atom is 0.315 e. The Labute approximate surface area is 133 Å². The van der Waals surface area contributed by atoms with Crippen molar-refractivity contribution in [1.29, 1.82) is 0 Å². The molecule has 0 heterocycles. The third-order valence-electron chi connectivity index (χ3n) is 3.35. The molecule has 1 fully saturated rings. The quantitative estimate of drug-likeness (QED) is 0.512. The van der Waals surface area contributed by atoms with E-state index >= 15 is 0 Å². The van der Waals surface area contributed by atoms with Crippen molar-refractivity contribution in [3.05, 3.63) is 29.6 Å². The molecule has 4 nitrogen and oxygen atoms in total. The minimum Gasteiger partial charge on any atom is -0.455 e. The molecule has 9 heteroatoms. The Morgan fingerprint density at radius 1 is 1.27 bits per heavy atom. The SMILES string of the molecule is CC1(C(=O)OCC(=O)Nc2ccc(F)c(F)c2F)CC1(Cl)Cl. The number of nitrogens with one attached hydrogen (secondary N) is 1. The van der Waals surface area contributed by atoms with Gasteiger partial charge >= 0.3 is 5.97 Å². The molecule has 0 aliphatic heterocycles. The summed E-state index contributed by atoms with van der Waals surface area (Å²) in [4.78, 5) is 23.2. The maximum atomic E-state index is 13.4. The van der Waals surface area contributed by atoms with Crippen LogP contribution in [0, 0.1) is 22.9 Å². The van der Waals surface area contributed by atoms with Gasteiger partial charge in [0, 0.05) is 6.42 Å². The van der Waals surface area contributed by atoms with Gasteiger partial charge in [-0.3, -0.25) is 9.59 Å². The van der Waals surface area contributed by atoms with E-state index in [1.807, 2.05) is 5.32 Å². The molecule has 1 saturated carbocycles. The highest BCUT2D eigenvalue weighted by Crippen LogP contribution is 2.64. The number of carbonyl (C=O) groups is 2. The fraction of sp³-hybridized carbons (Fsp3) is 0.385. The standard InChI is InChI=1S/C13H10Cl2F3NO3/c1-12(5-13(12,14)15)11(21)22-4-8(20)19-7-3-2-6(16)9(17)10(7)18/h2-3H,4-5H2,1H3,(H,19,20). The number of rotatable bonds is 4. The minimum atomic E-state index is -1.71. The fourth-order valence-corrected chi connectivity index (χ4v) is 2.41. The van der Waals surface area contributed by atoms with Gasteiger partial charge in [0.2, 0.25) is 0 Å². The Morgan fingerprint density at radius 2 is 1.86 bits per heavy atom. The summed E-state index contributed by atoms with van der Waals surface area (Å²) in [7, 11) is 0. The van der Waals surface area contributed by atoms with Crippen LogP contribution in [-0.2, 0) is 14.3 Å². The highest BCUT2D eigenvalue weighted by atomic mass is 35.5. The van der Waals surface area contributed by atoms with Crippen molar-refractivity contribution in [3.63, 3.8) is 0 Å². The number of esters is 1. The molecule has 0 aromatic heterocycles. The number of benzene rings is 1. The Hall–Kier alpha value is -1.47. The molecule has 0 radical (unpaired) electrons. The molecule has 0 bridgehead atoms. The second-order valence-corrected chi connectivity index (χ2v) is 6.54. The second kappa shape index (κ2) is 5.62.